The van der Waals surface area contributed by atoms with Crippen LogP contribution in [-0.2, 0) is 17.8 Å². The third-order valence-corrected chi connectivity index (χ3v) is 3.57. The van der Waals surface area contributed by atoms with Gasteiger partial charge in [0.15, 0.2) is 5.78 Å². The van der Waals surface area contributed by atoms with E-state index in [1.807, 2.05) is 0 Å². The van der Waals surface area contributed by atoms with Crippen molar-refractivity contribution in [2.24, 2.45) is 0 Å². The van der Waals surface area contributed by atoms with E-state index < -0.39 is 24.1 Å². The Bertz CT molecular complexity index is 763. The maximum atomic E-state index is 13.4. The van der Waals surface area contributed by atoms with Gasteiger partial charge in [-0.2, -0.15) is 5.10 Å². The maximum absolute atomic E-state index is 13.4. The quantitative estimate of drug-likeness (QED) is 0.945. The van der Waals surface area contributed by atoms with E-state index in [-0.39, 0.29) is 22.6 Å². The number of aliphatic carboxylic acids is 1. The summed E-state index contributed by atoms with van der Waals surface area (Å²) in [6.07, 6.45) is 1.43. The summed E-state index contributed by atoms with van der Waals surface area (Å²) in [5.41, 5.74) is 1.06. The molecule has 1 aliphatic rings. The number of halogens is 2. The van der Waals surface area contributed by atoms with Gasteiger partial charge in [-0.15, -0.1) is 0 Å². The molecule has 1 aliphatic carbocycles. The summed E-state index contributed by atoms with van der Waals surface area (Å²) in [4.78, 5) is 23.1. The molecule has 2 aromatic rings. The fourth-order valence-electron chi connectivity index (χ4n) is 2.74. The number of hydrogen-bond acceptors (Lipinski definition) is 3. The van der Waals surface area contributed by atoms with Crippen LogP contribution in [-0.4, -0.2) is 26.6 Å². The largest absolute Gasteiger partial charge is 0.480 e. The van der Waals surface area contributed by atoms with Crippen molar-refractivity contribution >= 4 is 11.8 Å². The van der Waals surface area contributed by atoms with Crippen molar-refractivity contribution < 1.29 is 23.5 Å². The zero-order chi connectivity index (χ0) is 15.9. The van der Waals surface area contributed by atoms with Crippen LogP contribution < -0.4 is 0 Å². The Morgan fingerprint density at radius 3 is 2.55 bits per heavy atom. The molecular weight excluding hydrogens is 294 g/mol. The Labute approximate surface area is 124 Å². The lowest BCUT2D eigenvalue weighted by Gasteiger charge is -2.12. The van der Waals surface area contributed by atoms with E-state index in [0.29, 0.717) is 25.0 Å². The first kappa shape index (κ1) is 14.4. The predicted octanol–water partition coefficient (Wildman–Crippen LogP) is 2.43. The zero-order valence-corrected chi connectivity index (χ0v) is 11.5. The molecule has 0 saturated carbocycles. The number of hydrogen-bond donors (Lipinski definition) is 1. The summed E-state index contributed by atoms with van der Waals surface area (Å²) in [7, 11) is 0. The predicted molar refractivity (Wildman–Crippen MR) is 72.5 cm³/mol. The van der Waals surface area contributed by atoms with E-state index in [4.69, 9.17) is 5.11 Å². The van der Waals surface area contributed by atoms with Gasteiger partial charge in [0, 0.05) is 18.1 Å². The number of benzene rings is 1. The summed E-state index contributed by atoms with van der Waals surface area (Å²) in [6.45, 7) is -0.395. The van der Waals surface area contributed by atoms with E-state index in [1.54, 1.807) is 0 Å². The lowest BCUT2D eigenvalue weighted by Crippen LogP contribution is -2.17. The monoisotopic (exact) mass is 306 g/mol. The minimum atomic E-state index is -1.10. The van der Waals surface area contributed by atoms with Gasteiger partial charge in [-0.3, -0.25) is 14.3 Å². The molecule has 0 aliphatic heterocycles. The topological polar surface area (TPSA) is 72.2 Å². The minimum Gasteiger partial charge on any atom is -0.480 e. The molecular formula is C15H12F2N2O3. The van der Waals surface area contributed by atoms with Crippen molar-refractivity contribution in [3.8, 4) is 11.3 Å². The summed E-state index contributed by atoms with van der Waals surface area (Å²) >= 11 is 0. The van der Waals surface area contributed by atoms with Gasteiger partial charge >= 0.3 is 5.97 Å². The van der Waals surface area contributed by atoms with Gasteiger partial charge in [0.05, 0.1) is 11.3 Å². The molecule has 1 aromatic carbocycles. The number of carboxylic acid groups (broad SMARTS) is 1. The van der Waals surface area contributed by atoms with Crippen molar-refractivity contribution in [1.82, 2.24) is 9.78 Å². The number of nitrogens with zero attached hydrogens (tertiary/aromatic N) is 2. The SMILES string of the molecule is O=C(O)Cn1nc(-c2cc(F)cc(F)c2)c2c1CCCC2=O. The lowest BCUT2D eigenvalue weighted by atomic mass is 9.92. The van der Waals surface area contributed by atoms with Crippen LogP contribution in [0.25, 0.3) is 11.3 Å². The zero-order valence-electron chi connectivity index (χ0n) is 11.5. The summed E-state index contributed by atoms with van der Waals surface area (Å²) in [5.74, 6) is -2.84. The van der Waals surface area contributed by atoms with Crippen LogP contribution in [0.5, 0.6) is 0 Å². The van der Waals surface area contributed by atoms with Gasteiger partial charge in [0.1, 0.15) is 23.9 Å². The third-order valence-electron chi connectivity index (χ3n) is 3.57. The highest BCUT2D eigenvalue weighted by Crippen LogP contribution is 2.32. The van der Waals surface area contributed by atoms with Crippen LogP contribution in [0.3, 0.4) is 0 Å². The Morgan fingerprint density at radius 1 is 1.23 bits per heavy atom. The number of ketones is 1. The first-order valence-electron chi connectivity index (χ1n) is 6.77. The Kier molecular flexibility index (Phi) is 3.48. The first-order valence-corrected chi connectivity index (χ1v) is 6.77. The summed E-state index contributed by atoms with van der Waals surface area (Å²) in [5, 5.41) is 13.1. The summed E-state index contributed by atoms with van der Waals surface area (Å²) < 4.78 is 28.0. The van der Waals surface area contributed by atoms with Gasteiger partial charge in [-0.1, -0.05) is 0 Å². The molecule has 1 heterocycles. The smallest absolute Gasteiger partial charge is 0.325 e. The van der Waals surface area contributed by atoms with Crippen LogP contribution >= 0.6 is 0 Å². The molecule has 0 spiro atoms. The van der Waals surface area contributed by atoms with Crippen molar-refractivity contribution in [3.05, 3.63) is 41.1 Å². The molecule has 0 fully saturated rings. The molecule has 0 bridgehead atoms. The van der Waals surface area contributed by atoms with Gasteiger partial charge in [-0.25, -0.2) is 8.78 Å². The molecule has 1 N–H and O–H groups in total. The highest BCUT2D eigenvalue weighted by atomic mass is 19.1. The van der Waals surface area contributed by atoms with Crippen molar-refractivity contribution in [3.63, 3.8) is 0 Å². The van der Waals surface area contributed by atoms with Gasteiger partial charge in [0.2, 0.25) is 0 Å². The second kappa shape index (κ2) is 5.32. The van der Waals surface area contributed by atoms with Crippen molar-refractivity contribution in [2.75, 3.05) is 0 Å². The Balaban J connectivity index is 2.20. The average molecular weight is 306 g/mol. The van der Waals surface area contributed by atoms with Crippen molar-refractivity contribution in [2.45, 2.75) is 25.8 Å². The van der Waals surface area contributed by atoms with Crippen LogP contribution in [0.4, 0.5) is 8.78 Å². The summed E-state index contributed by atoms with van der Waals surface area (Å²) in [6, 6.07) is 2.89. The van der Waals surface area contributed by atoms with Crippen LogP contribution in [0.2, 0.25) is 0 Å². The van der Waals surface area contributed by atoms with Crippen molar-refractivity contribution in [1.29, 1.82) is 0 Å². The van der Waals surface area contributed by atoms with Gasteiger partial charge in [0.25, 0.3) is 0 Å². The fourth-order valence-corrected chi connectivity index (χ4v) is 2.74. The standard InChI is InChI=1S/C15H12F2N2O3/c16-9-4-8(5-10(17)6-9)15-14-11(2-1-3-12(14)20)19(18-15)7-13(21)22/h4-6H,1-3,7H2,(H,21,22). The lowest BCUT2D eigenvalue weighted by molar-refractivity contribution is -0.137. The minimum absolute atomic E-state index is 0.133. The molecule has 3 rings (SSSR count). The molecule has 0 amide bonds. The number of aromatic nitrogens is 2. The fraction of sp³-hybridized carbons (Fsp3) is 0.267. The van der Waals surface area contributed by atoms with Gasteiger partial charge in [-0.05, 0) is 25.0 Å². The number of Topliss-reactive ketones (excluding diaryl/α,β-unsaturated/α-hetero) is 1. The highest BCUT2D eigenvalue weighted by Gasteiger charge is 2.28. The van der Waals surface area contributed by atoms with E-state index in [0.717, 1.165) is 18.2 Å². The molecule has 0 saturated heterocycles. The molecule has 0 atom stereocenters. The average Bonchev–Trinajstić information content (AvgIpc) is 2.77. The van der Waals surface area contributed by atoms with Gasteiger partial charge < -0.3 is 5.11 Å². The van der Waals surface area contributed by atoms with Crippen LogP contribution in [0, 0.1) is 11.6 Å². The second-order valence-electron chi connectivity index (χ2n) is 5.16. The molecule has 0 unspecified atom stereocenters. The van der Waals surface area contributed by atoms with E-state index in [2.05, 4.69) is 5.10 Å². The van der Waals surface area contributed by atoms with E-state index in [9.17, 15) is 18.4 Å². The highest BCUT2D eigenvalue weighted by molar-refractivity contribution is 6.03. The second-order valence-corrected chi connectivity index (χ2v) is 5.16. The van der Waals surface area contributed by atoms with Crippen LogP contribution in [0.1, 0.15) is 28.9 Å². The number of rotatable bonds is 3. The first-order chi connectivity index (χ1) is 10.5. The number of carbonyl (C=O) groups is 2. The molecule has 5 nitrogen and oxygen atoms in total. The van der Waals surface area contributed by atoms with Crippen LogP contribution in [0.15, 0.2) is 18.2 Å². The van der Waals surface area contributed by atoms with E-state index >= 15 is 0 Å². The Morgan fingerprint density at radius 2 is 1.91 bits per heavy atom. The molecule has 0 radical (unpaired) electrons. The number of carboxylic acids is 1. The maximum Gasteiger partial charge on any atom is 0.325 e. The Hall–Kier alpha value is -2.57. The number of fused-ring (bicyclic) bond motifs is 1. The molecule has 1 aromatic heterocycles. The normalized spacial score (nSPS) is 14.0. The number of carbonyl (C=O) groups excluding carboxylic acids is 1. The third kappa shape index (κ3) is 2.49. The molecule has 114 valence electrons. The molecule has 22 heavy (non-hydrogen) atoms. The molecule has 7 heteroatoms. The van der Waals surface area contributed by atoms with E-state index in [1.165, 1.54) is 4.68 Å².